The Morgan fingerprint density at radius 2 is 2.18 bits per heavy atom. The van der Waals surface area contributed by atoms with Gasteiger partial charge < -0.3 is 4.74 Å². The molecule has 0 spiro atoms. The maximum absolute atomic E-state index is 5.30. The van der Waals surface area contributed by atoms with Gasteiger partial charge in [0.1, 0.15) is 5.75 Å². The largest absolute Gasteiger partial charge is 0.496 e. The molecule has 2 nitrogen and oxygen atoms in total. The predicted molar refractivity (Wildman–Crippen MR) is 71.5 cm³/mol. The van der Waals surface area contributed by atoms with Crippen LogP contribution in [0, 0.1) is 6.92 Å². The van der Waals surface area contributed by atoms with Gasteiger partial charge in [-0.3, -0.25) is 4.90 Å². The molecule has 1 aliphatic rings. The van der Waals surface area contributed by atoms with Crippen molar-refractivity contribution < 1.29 is 4.74 Å². The van der Waals surface area contributed by atoms with E-state index >= 15 is 0 Å². The van der Waals surface area contributed by atoms with Crippen molar-refractivity contribution in [3.8, 4) is 5.75 Å². The molecule has 0 N–H and O–H groups in total. The van der Waals surface area contributed by atoms with E-state index in [1.807, 2.05) is 0 Å². The maximum Gasteiger partial charge on any atom is 0.121 e. The summed E-state index contributed by atoms with van der Waals surface area (Å²) in [4.78, 5) is 2.59. The molecule has 17 heavy (non-hydrogen) atoms. The van der Waals surface area contributed by atoms with E-state index in [0.717, 1.165) is 18.3 Å². The van der Waals surface area contributed by atoms with Crippen LogP contribution in [-0.4, -0.2) is 24.6 Å². The Bertz CT molecular complexity index is 375. The van der Waals surface area contributed by atoms with Crippen LogP contribution in [0.15, 0.2) is 18.2 Å². The highest BCUT2D eigenvalue weighted by Gasteiger charge is 2.18. The van der Waals surface area contributed by atoms with E-state index in [2.05, 4.69) is 36.9 Å². The molecule has 1 saturated heterocycles. The van der Waals surface area contributed by atoms with E-state index in [0.29, 0.717) is 0 Å². The minimum atomic E-state index is 0.728. The van der Waals surface area contributed by atoms with E-state index in [1.54, 1.807) is 7.11 Å². The Balaban J connectivity index is 2.05. The molecule has 1 heterocycles. The van der Waals surface area contributed by atoms with Gasteiger partial charge in [0.15, 0.2) is 0 Å². The van der Waals surface area contributed by atoms with Crippen molar-refractivity contribution in [2.24, 2.45) is 0 Å². The molecule has 1 aromatic rings. The van der Waals surface area contributed by atoms with Gasteiger partial charge in [-0.25, -0.2) is 0 Å². The lowest BCUT2D eigenvalue weighted by Crippen LogP contribution is -2.36. The van der Waals surface area contributed by atoms with E-state index in [1.165, 1.54) is 36.9 Å². The number of hydrogen-bond acceptors (Lipinski definition) is 2. The molecule has 0 unspecified atom stereocenters. The Hall–Kier alpha value is -1.02. The lowest BCUT2D eigenvalue weighted by atomic mass is 10.0. The zero-order valence-electron chi connectivity index (χ0n) is 11.2. The fourth-order valence-corrected chi connectivity index (χ4v) is 2.67. The van der Waals surface area contributed by atoms with Gasteiger partial charge in [-0.05, 0) is 50.4 Å². The first-order chi connectivity index (χ1) is 8.20. The number of rotatable bonds is 3. The van der Waals surface area contributed by atoms with Crippen LogP contribution in [0.5, 0.6) is 5.75 Å². The first kappa shape index (κ1) is 12.4. The van der Waals surface area contributed by atoms with Crippen molar-refractivity contribution in [2.45, 2.75) is 45.7 Å². The smallest absolute Gasteiger partial charge is 0.121 e. The van der Waals surface area contributed by atoms with Gasteiger partial charge in [0.25, 0.3) is 0 Å². The van der Waals surface area contributed by atoms with E-state index in [-0.39, 0.29) is 0 Å². The number of ether oxygens (including phenoxy) is 1. The molecule has 0 aliphatic carbocycles. The third-order valence-electron chi connectivity index (χ3n) is 3.79. The summed E-state index contributed by atoms with van der Waals surface area (Å²) < 4.78 is 5.30. The summed E-state index contributed by atoms with van der Waals surface area (Å²) in [6.45, 7) is 6.77. The number of aryl methyl sites for hydroxylation is 1. The first-order valence-corrected chi connectivity index (χ1v) is 6.58. The van der Waals surface area contributed by atoms with Crippen molar-refractivity contribution in [3.63, 3.8) is 0 Å². The highest BCUT2D eigenvalue weighted by Crippen LogP contribution is 2.22. The summed E-state index contributed by atoms with van der Waals surface area (Å²) in [5.74, 6) is 0.987. The van der Waals surface area contributed by atoms with Gasteiger partial charge in [0, 0.05) is 12.6 Å². The fourth-order valence-electron chi connectivity index (χ4n) is 2.67. The average molecular weight is 233 g/mol. The average Bonchev–Trinajstić information content (AvgIpc) is 2.32. The third kappa shape index (κ3) is 3.01. The molecular formula is C15H23NO. The summed E-state index contributed by atoms with van der Waals surface area (Å²) in [6.07, 6.45) is 4.08. The van der Waals surface area contributed by atoms with Crippen molar-refractivity contribution in [3.05, 3.63) is 29.3 Å². The zero-order valence-corrected chi connectivity index (χ0v) is 11.2. The van der Waals surface area contributed by atoms with Crippen LogP contribution in [0.1, 0.15) is 37.3 Å². The van der Waals surface area contributed by atoms with Gasteiger partial charge in [-0.2, -0.15) is 0 Å². The highest BCUT2D eigenvalue weighted by atomic mass is 16.5. The SMILES string of the molecule is COc1ccc(CN2CCCC[C@H]2C)cc1C. The number of benzene rings is 1. The maximum atomic E-state index is 5.30. The van der Waals surface area contributed by atoms with Gasteiger partial charge in [0.05, 0.1) is 7.11 Å². The Morgan fingerprint density at radius 1 is 1.35 bits per heavy atom. The monoisotopic (exact) mass is 233 g/mol. The van der Waals surface area contributed by atoms with Crippen molar-refractivity contribution in [1.82, 2.24) is 4.90 Å². The summed E-state index contributed by atoms with van der Waals surface area (Å²) in [5.41, 5.74) is 2.63. The molecule has 1 aliphatic heterocycles. The summed E-state index contributed by atoms with van der Waals surface area (Å²) in [6, 6.07) is 7.25. The summed E-state index contributed by atoms with van der Waals surface area (Å²) in [5, 5.41) is 0. The van der Waals surface area contributed by atoms with Gasteiger partial charge in [-0.15, -0.1) is 0 Å². The minimum Gasteiger partial charge on any atom is -0.496 e. The molecule has 0 bridgehead atoms. The van der Waals surface area contributed by atoms with Crippen molar-refractivity contribution in [1.29, 1.82) is 0 Å². The number of likely N-dealkylation sites (tertiary alicyclic amines) is 1. The molecule has 1 atom stereocenters. The predicted octanol–water partition coefficient (Wildman–Crippen LogP) is 3.38. The number of nitrogens with zero attached hydrogens (tertiary/aromatic N) is 1. The van der Waals surface area contributed by atoms with Crippen LogP contribution < -0.4 is 4.74 Å². The molecule has 1 aromatic carbocycles. The van der Waals surface area contributed by atoms with Gasteiger partial charge >= 0.3 is 0 Å². The van der Waals surface area contributed by atoms with Gasteiger partial charge in [0.2, 0.25) is 0 Å². The van der Waals surface area contributed by atoms with E-state index < -0.39 is 0 Å². The van der Waals surface area contributed by atoms with E-state index in [9.17, 15) is 0 Å². The third-order valence-corrected chi connectivity index (χ3v) is 3.79. The van der Waals surface area contributed by atoms with Crippen LogP contribution in [0.2, 0.25) is 0 Å². The molecule has 94 valence electrons. The van der Waals surface area contributed by atoms with Crippen LogP contribution >= 0.6 is 0 Å². The molecule has 2 rings (SSSR count). The summed E-state index contributed by atoms with van der Waals surface area (Å²) >= 11 is 0. The van der Waals surface area contributed by atoms with Crippen LogP contribution in [0.25, 0.3) is 0 Å². The van der Waals surface area contributed by atoms with Crippen LogP contribution in [0.3, 0.4) is 0 Å². The van der Waals surface area contributed by atoms with Crippen molar-refractivity contribution in [2.75, 3.05) is 13.7 Å². The Morgan fingerprint density at radius 3 is 2.82 bits per heavy atom. The lowest BCUT2D eigenvalue weighted by molar-refractivity contribution is 0.152. The topological polar surface area (TPSA) is 12.5 Å². The molecule has 0 radical (unpaired) electrons. The fraction of sp³-hybridized carbons (Fsp3) is 0.600. The Kier molecular flexibility index (Phi) is 4.06. The molecular weight excluding hydrogens is 210 g/mol. The van der Waals surface area contributed by atoms with Crippen LogP contribution in [-0.2, 0) is 6.54 Å². The second-order valence-corrected chi connectivity index (χ2v) is 5.12. The highest BCUT2D eigenvalue weighted by molar-refractivity contribution is 5.36. The molecule has 0 aromatic heterocycles. The quantitative estimate of drug-likeness (QED) is 0.793. The molecule has 1 fully saturated rings. The second-order valence-electron chi connectivity index (χ2n) is 5.12. The van der Waals surface area contributed by atoms with Crippen LogP contribution in [0.4, 0.5) is 0 Å². The van der Waals surface area contributed by atoms with E-state index in [4.69, 9.17) is 4.74 Å². The number of hydrogen-bond donors (Lipinski definition) is 0. The molecule has 0 amide bonds. The minimum absolute atomic E-state index is 0.728. The second kappa shape index (κ2) is 5.54. The number of piperidine rings is 1. The lowest BCUT2D eigenvalue weighted by Gasteiger charge is -2.33. The standard InChI is InChI=1S/C15H23NO/c1-12-10-14(7-8-15(12)17-3)11-16-9-5-4-6-13(16)2/h7-8,10,13H,4-6,9,11H2,1-3H3/t13-/m1/s1. The normalized spacial score (nSPS) is 21.5. The molecule has 2 heteroatoms. The Labute approximate surface area is 105 Å². The van der Waals surface area contributed by atoms with Crippen molar-refractivity contribution >= 4 is 0 Å². The number of methoxy groups -OCH3 is 1. The van der Waals surface area contributed by atoms with Gasteiger partial charge in [-0.1, -0.05) is 18.6 Å². The summed E-state index contributed by atoms with van der Waals surface area (Å²) in [7, 11) is 1.73. The zero-order chi connectivity index (χ0) is 12.3. The first-order valence-electron chi connectivity index (χ1n) is 6.58. The molecule has 0 saturated carbocycles.